The summed E-state index contributed by atoms with van der Waals surface area (Å²) < 4.78 is 10.6. The van der Waals surface area contributed by atoms with Crippen LogP contribution in [0.4, 0.5) is 0 Å². The average molecular weight is 245 g/mol. The summed E-state index contributed by atoms with van der Waals surface area (Å²) >= 11 is 6.02. The fraction of sp³-hybridized carbons (Fsp3) is 0.500. The minimum atomic E-state index is -0.0147. The van der Waals surface area contributed by atoms with E-state index in [2.05, 4.69) is 0 Å². The van der Waals surface area contributed by atoms with E-state index in [1.165, 1.54) is 0 Å². The van der Waals surface area contributed by atoms with E-state index >= 15 is 0 Å². The van der Waals surface area contributed by atoms with E-state index in [0.717, 1.165) is 12.0 Å². The van der Waals surface area contributed by atoms with Crippen LogP contribution in [0, 0.1) is 0 Å². The van der Waals surface area contributed by atoms with Crippen LogP contribution in [0.1, 0.15) is 18.9 Å². The molecule has 1 aromatic carbocycles. The predicted octanol–water partition coefficient (Wildman–Crippen LogP) is 2.64. The third-order valence-electron chi connectivity index (χ3n) is 2.24. The van der Waals surface area contributed by atoms with Gasteiger partial charge in [-0.25, -0.2) is 0 Å². The van der Waals surface area contributed by atoms with Crippen molar-refractivity contribution in [2.24, 2.45) is 0 Å². The van der Waals surface area contributed by atoms with Crippen LogP contribution in [-0.4, -0.2) is 24.9 Å². The van der Waals surface area contributed by atoms with Crippen LogP contribution in [0.2, 0.25) is 5.02 Å². The predicted molar refractivity (Wildman–Crippen MR) is 64.0 cm³/mol. The van der Waals surface area contributed by atoms with Gasteiger partial charge in [0.1, 0.15) is 5.75 Å². The Kier molecular flexibility index (Phi) is 5.60. The fourth-order valence-corrected chi connectivity index (χ4v) is 1.55. The van der Waals surface area contributed by atoms with Crippen molar-refractivity contribution in [3.05, 3.63) is 28.8 Å². The van der Waals surface area contributed by atoms with Crippen LogP contribution in [0.5, 0.6) is 5.75 Å². The Morgan fingerprint density at radius 1 is 1.44 bits per heavy atom. The van der Waals surface area contributed by atoms with Crippen molar-refractivity contribution in [2.45, 2.75) is 26.1 Å². The molecule has 0 aliphatic rings. The van der Waals surface area contributed by atoms with Crippen molar-refractivity contribution in [2.75, 3.05) is 13.7 Å². The standard InChI is InChI=1S/C12H17ClO3/c1-9(5-6-15-2)16-12-4-3-10(8-14)7-11(12)13/h3-4,7,9,14H,5-6,8H2,1-2H3. The number of aliphatic hydroxyl groups excluding tert-OH is 1. The molecule has 1 N–H and O–H groups in total. The van der Waals surface area contributed by atoms with Gasteiger partial charge in [-0.3, -0.25) is 0 Å². The molecule has 90 valence electrons. The molecular formula is C12H17ClO3. The summed E-state index contributed by atoms with van der Waals surface area (Å²) in [6.07, 6.45) is 0.867. The topological polar surface area (TPSA) is 38.7 Å². The maximum atomic E-state index is 8.93. The summed E-state index contributed by atoms with van der Waals surface area (Å²) in [7, 11) is 1.66. The van der Waals surface area contributed by atoms with Crippen molar-refractivity contribution in [1.29, 1.82) is 0 Å². The van der Waals surface area contributed by atoms with Crippen LogP contribution in [0.15, 0.2) is 18.2 Å². The van der Waals surface area contributed by atoms with Gasteiger partial charge in [0.15, 0.2) is 0 Å². The third-order valence-corrected chi connectivity index (χ3v) is 2.53. The molecule has 0 bridgehead atoms. The summed E-state index contributed by atoms with van der Waals surface area (Å²) in [5.74, 6) is 0.641. The van der Waals surface area contributed by atoms with Gasteiger partial charge >= 0.3 is 0 Å². The smallest absolute Gasteiger partial charge is 0.138 e. The minimum absolute atomic E-state index is 0.0147. The number of halogens is 1. The molecule has 3 nitrogen and oxygen atoms in total. The van der Waals surface area contributed by atoms with E-state index in [-0.39, 0.29) is 12.7 Å². The Hall–Kier alpha value is -0.770. The molecule has 0 heterocycles. The maximum Gasteiger partial charge on any atom is 0.138 e. The van der Waals surface area contributed by atoms with E-state index in [9.17, 15) is 0 Å². The summed E-state index contributed by atoms with van der Waals surface area (Å²) in [5.41, 5.74) is 0.780. The highest BCUT2D eigenvalue weighted by molar-refractivity contribution is 6.32. The van der Waals surface area contributed by atoms with Crippen LogP contribution in [0.3, 0.4) is 0 Å². The zero-order valence-corrected chi connectivity index (χ0v) is 10.3. The Morgan fingerprint density at radius 3 is 2.75 bits per heavy atom. The number of aliphatic hydroxyl groups is 1. The molecular weight excluding hydrogens is 228 g/mol. The first-order valence-electron chi connectivity index (χ1n) is 5.22. The Bertz CT molecular complexity index is 328. The number of benzene rings is 1. The molecule has 4 heteroatoms. The Balaban J connectivity index is 2.59. The van der Waals surface area contributed by atoms with Crippen molar-refractivity contribution in [3.8, 4) is 5.75 Å². The molecule has 0 aromatic heterocycles. The molecule has 1 rings (SSSR count). The fourth-order valence-electron chi connectivity index (χ4n) is 1.30. The molecule has 0 amide bonds. The van der Waals surface area contributed by atoms with Crippen molar-refractivity contribution in [3.63, 3.8) is 0 Å². The highest BCUT2D eigenvalue weighted by atomic mass is 35.5. The molecule has 1 unspecified atom stereocenters. The lowest BCUT2D eigenvalue weighted by Crippen LogP contribution is -2.14. The number of rotatable bonds is 6. The average Bonchev–Trinajstić information content (AvgIpc) is 2.29. The van der Waals surface area contributed by atoms with Gasteiger partial charge in [-0.05, 0) is 24.6 Å². The lowest BCUT2D eigenvalue weighted by atomic mass is 10.2. The molecule has 0 aliphatic carbocycles. The second-order valence-corrected chi connectivity index (χ2v) is 4.04. The SMILES string of the molecule is COCCC(C)Oc1ccc(CO)cc1Cl. The second-order valence-electron chi connectivity index (χ2n) is 3.63. The monoisotopic (exact) mass is 244 g/mol. The largest absolute Gasteiger partial charge is 0.489 e. The number of methoxy groups -OCH3 is 1. The molecule has 0 fully saturated rings. The van der Waals surface area contributed by atoms with E-state index in [4.69, 9.17) is 26.2 Å². The molecule has 16 heavy (non-hydrogen) atoms. The number of ether oxygens (including phenoxy) is 2. The zero-order valence-electron chi connectivity index (χ0n) is 9.57. The van der Waals surface area contributed by atoms with Gasteiger partial charge in [-0.15, -0.1) is 0 Å². The van der Waals surface area contributed by atoms with Gasteiger partial charge in [-0.2, -0.15) is 0 Å². The van der Waals surface area contributed by atoms with Crippen LogP contribution >= 0.6 is 11.6 Å². The van der Waals surface area contributed by atoms with Gasteiger partial charge < -0.3 is 14.6 Å². The van der Waals surface area contributed by atoms with E-state index in [1.54, 1.807) is 25.3 Å². The van der Waals surface area contributed by atoms with E-state index < -0.39 is 0 Å². The first-order valence-corrected chi connectivity index (χ1v) is 5.60. The zero-order chi connectivity index (χ0) is 12.0. The lowest BCUT2D eigenvalue weighted by molar-refractivity contribution is 0.135. The summed E-state index contributed by atoms with van der Waals surface area (Å²) in [6.45, 7) is 2.61. The molecule has 0 radical (unpaired) electrons. The van der Waals surface area contributed by atoms with Crippen LogP contribution < -0.4 is 4.74 Å². The summed E-state index contributed by atoms with van der Waals surface area (Å²) in [6, 6.07) is 5.28. The molecule has 0 saturated heterocycles. The number of hydrogen-bond acceptors (Lipinski definition) is 3. The highest BCUT2D eigenvalue weighted by Crippen LogP contribution is 2.26. The normalized spacial score (nSPS) is 12.5. The van der Waals surface area contributed by atoms with Gasteiger partial charge in [0.05, 0.1) is 17.7 Å². The molecule has 0 aliphatic heterocycles. The van der Waals surface area contributed by atoms with Crippen molar-refractivity contribution < 1.29 is 14.6 Å². The maximum absolute atomic E-state index is 8.93. The van der Waals surface area contributed by atoms with Crippen LogP contribution in [0.25, 0.3) is 0 Å². The third kappa shape index (κ3) is 4.00. The summed E-state index contributed by atoms with van der Waals surface area (Å²) in [4.78, 5) is 0. The van der Waals surface area contributed by atoms with Crippen LogP contribution in [-0.2, 0) is 11.3 Å². The Labute approximate surface area is 101 Å². The Morgan fingerprint density at radius 2 is 2.19 bits per heavy atom. The van der Waals surface area contributed by atoms with E-state index in [0.29, 0.717) is 17.4 Å². The minimum Gasteiger partial charge on any atom is -0.489 e. The number of hydrogen-bond donors (Lipinski definition) is 1. The molecule has 0 spiro atoms. The van der Waals surface area contributed by atoms with Gasteiger partial charge in [0.25, 0.3) is 0 Å². The van der Waals surface area contributed by atoms with Gasteiger partial charge in [-0.1, -0.05) is 17.7 Å². The second kappa shape index (κ2) is 6.74. The first-order chi connectivity index (χ1) is 7.67. The molecule has 0 saturated carbocycles. The first kappa shape index (κ1) is 13.3. The van der Waals surface area contributed by atoms with Gasteiger partial charge in [0.2, 0.25) is 0 Å². The molecule has 1 atom stereocenters. The van der Waals surface area contributed by atoms with Crippen molar-refractivity contribution in [1.82, 2.24) is 0 Å². The quantitative estimate of drug-likeness (QED) is 0.836. The van der Waals surface area contributed by atoms with Gasteiger partial charge in [0, 0.05) is 20.1 Å². The lowest BCUT2D eigenvalue weighted by Gasteiger charge is -2.15. The highest BCUT2D eigenvalue weighted by Gasteiger charge is 2.07. The summed E-state index contributed by atoms with van der Waals surface area (Å²) in [5, 5.41) is 9.46. The van der Waals surface area contributed by atoms with Crippen molar-refractivity contribution >= 4 is 11.6 Å². The molecule has 1 aromatic rings. The van der Waals surface area contributed by atoms with E-state index in [1.807, 2.05) is 6.92 Å².